The molecule has 0 atom stereocenters. The topological polar surface area (TPSA) is 77.2 Å². The summed E-state index contributed by atoms with van der Waals surface area (Å²) in [5.74, 6) is 1.52. The number of carbonyl (C=O) groups is 1. The van der Waals surface area contributed by atoms with Gasteiger partial charge in [-0.15, -0.1) is 10.2 Å². The second kappa shape index (κ2) is 10.6. The molecule has 0 radical (unpaired) electrons. The van der Waals surface area contributed by atoms with Crippen LogP contribution in [-0.2, 0) is 17.6 Å². The fraction of sp³-hybridized carbons (Fsp3) is 0.318. The lowest BCUT2D eigenvalue weighted by atomic mass is 10.1. The second-order valence-corrected chi connectivity index (χ2v) is 8.70. The minimum Gasteiger partial charge on any atom is -0.497 e. The van der Waals surface area contributed by atoms with E-state index in [1.165, 1.54) is 22.9 Å². The van der Waals surface area contributed by atoms with Gasteiger partial charge in [0.15, 0.2) is 0 Å². The number of thioether (sulfide) groups is 1. The molecular weight excluding hydrogens is 466 g/mol. The van der Waals surface area contributed by atoms with Crippen LogP contribution in [0.5, 0.6) is 5.75 Å². The van der Waals surface area contributed by atoms with Crippen LogP contribution in [0.15, 0.2) is 50.5 Å². The summed E-state index contributed by atoms with van der Waals surface area (Å²) < 4.78 is 11.7. The molecule has 0 unspecified atom stereocenters. The van der Waals surface area contributed by atoms with Crippen LogP contribution >= 0.6 is 27.7 Å². The van der Waals surface area contributed by atoms with E-state index in [4.69, 9.17) is 9.15 Å². The van der Waals surface area contributed by atoms with E-state index in [9.17, 15) is 4.79 Å². The van der Waals surface area contributed by atoms with E-state index >= 15 is 0 Å². The summed E-state index contributed by atoms with van der Waals surface area (Å²) >= 11 is 4.72. The number of nitrogens with zero attached hydrogens (tertiary/aromatic N) is 2. The van der Waals surface area contributed by atoms with Crippen LogP contribution in [0.4, 0.5) is 5.69 Å². The maximum atomic E-state index is 12.3. The van der Waals surface area contributed by atoms with Gasteiger partial charge in [-0.25, -0.2) is 0 Å². The van der Waals surface area contributed by atoms with Crippen LogP contribution in [0.3, 0.4) is 0 Å². The Morgan fingerprint density at radius 3 is 2.60 bits per heavy atom. The molecule has 0 fully saturated rings. The smallest absolute Gasteiger partial charge is 0.277 e. The number of rotatable bonds is 9. The number of benzene rings is 2. The van der Waals surface area contributed by atoms with Gasteiger partial charge in [0.1, 0.15) is 5.75 Å². The van der Waals surface area contributed by atoms with Gasteiger partial charge >= 0.3 is 0 Å². The Morgan fingerprint density at radius 1 is 1.13 bits per heavy atom. The molecule has 0 saturated carbocycles. The van der Waals surface area contributed by atoms with Gasteiger partial charge in [-0.3, -0.25) is 4.79 Å². The molecule has 1 N–H and O–H groups in total. The zero-order chi connectivity index (χ0) is 21.5. The Kier molecular flexibility index (Phi) is 7.93. The molecule has 1 aromatic heterocycles. The normalized spacial score (nSPS) is 10.8. The summed E-state index contributed by atoms with van der Waals surface area (Å²) in [5.41, 5.74) is 4.28. The Labute approximate surface area is 188 Å². The zero-order valence-electron chi connectivity index (χ0n) is 17.2. The van der Waals surface area contributed by atoms with Crippen molar-refractivity contribution in [2.24, 2.45) is 0 Å². The number of carbonyl (C=O) groups excluding carboxylic acids is 1. The predicted octanol–water partition coefficient (Wildman–Crippen LogP) is 5.36. The van der Waals surface area contributed by atoms with Crippen molar-refractivity contribution < 1.29 is 13.9 Å². The first-order valence-corrected chi connectivity index (χ1v) is 11.4. The van der Waals surface area contributed by atoms with Crippen molar-refractivity contribution in [3.63, 3.8) is 0 Å². The van der Waals surface area contributed by atoms with Crippen LogP contribution in [-0.4, -0.2) is 29.0 Å². The van der Waals surface area contributed by atoms with Gasteiger partial charge < -0.3 is 14.5 Å². The molecule has 0 spiro atoms. The summed E-state index contributed by atoms with van der Waals surface area (Å²) in [5, 5.41) is 11.4. The minimum absolute atomic E-state index is 0.122. The highest BCUT2D eigenvalue weighted by atomic mass is 79.9. The third-order valence-electron chi connectivity index (χ3n) is 4.65. The van der Waals surface area contributed by atoms with Crippen LogP contribution in [0.25, 0.3) is 0 Å². The van der Waals surface area contributed by atoms with Crippen molar-refractivity contribution in [3.05, 3.63) is 63.5 Å². The number of hydrogen-bond donors (Lipinski definition) is 1. The SMILES string of the molecule is COc1ccc(CCCc2nnc(SCC(=O)Nc3cc(C)c(C)cc3Br)o2)cc1. The molecule has 1 amide bonds. The predicted molar refractivity (Wildman–Crippen MR) is 122 cm³/mol. The van der Waals surface area contributed by atoms with Crippen molar-refractivity contribution in [3.8, 4) is 5.75 Å². The molecule has 0 bridgehead atoms. The third kappa shape index (κ3) is 6.34. The van der Waals surface area contributed by atoms with Crippen molar-refractivity contribution >= 4 is 39.3 Å². The fourth-order valence-corrected chi connectivity index (χ4v) is 3.96. The number of amides is 1. The molecule has 158 valence electrons. The molecule has 0 aliphatic carbocycles. The first-order valence-electron chi connectivity index (χ1n) is 9.59. The molecule has 0 aliphatic heterocycles. The summed E-state index contributed by atoms with van der Waals surface area (Å²) in [6, 6.07) is 12.0. The Morgan fingerprint density at radius 2 is 1.87 bits per heavy atom. The van der Waals surface area contributed by atoms with Crippen LogP contribution in [0, 0.1) is 13.8 Å². The second-order valence-electron chi connectivity index (χ2n) is 6.92. The molecule has 0 aliphatic rings. The largest absolute Gasteiger partial charge is 0.497 e. The fourth-order valence-electron chi connectivity index (χ4n) is 2.82. The van der Waals surface area contributed by atoms with Gasteiger partial charge in [0.05, 0.1) is 18.6 Å². The molecule has 3 rings (SSSR count). The molecular formula is C22H24BrN3O3S. The zero-order valence-corrected chi connectivity index (χ0v) is 19.6. The standard InChI is InChI=1S/C22H24BrN3O3S/c1-14-11-18(23)19(12-15(14)2)24-20(27)13-30-22-26-25-21(29-22)6-4-5-16-7-9-17(28-3)10-8-16/h7-12H,4-6,13H2,1-3H3,(H,24,27). The summed E-state index contributed by atoms with van der Waals surface area (Å²) in [7, 11) is 1.66. The molecule has 0 saturated heterocycles. The molecule has 8 heteroatoms. The molecule has 2 aromatic carbocycles. The average molecular weight is 490 g/mol. The van der Waals surface area contributed by atoms with Crippen molar-refractivity contribution in [2.45, 2.75) is 38.3 Å². The number of anilines is 1. The maximum Gasteiger partial charge on any atom is 0.277 e. The summed E-state index contributed by atoms with van der Waals surface area (Å²) in [6.45, 7) is 4.05. The number of methoxy groups -OCH3 is 1. The van der Waals surface area contributed by atoms with E-state index in [0.717, 1.165) is 34.3 Å². The first kappa shape index (κ1) is 22.4. The number of ether oxygens (including phenoxy) is 1. The summed E-state index contributed by atoms with van der Waals surface area (Å²) in [6.07, 6.45) is 2.52. The highest BCUT2D eigenvalue weighted by Gasteiger charge is 2.12. The number of halogens is 1. The lowest BCUT2D eigenvalue weighted by molar-refractivity contribution is -0.113. The monoisotopic (exact) mass is 489 g/mol. The summed E-state index contributed by atoms with van der Waals surface area (Å²) in [4.78, 5) is 12.3. The van der Waals surface area contributed by atoms with Crippen molar-refractivity contribution in [1.82, 2.24) is 10.2 Å². The Balaban J connectivity index is 1.43. The minimum atomic E-state index is -0.122. The highest BCUT2D eigenvalue weighted by Crippen LogP contribution is 2.26. The van der Waals surface area contributed by atoms with E-state index in [0.29, 0.717) is 17.5 Å². The number of aryl methyl sites for hydroxylation is 4. The number of nitrogens with one attached hydrogen (secondary N) is 1. The van der Waals surface area contributed by atoms with E-state index in [2.05, 4.69) is 43.6 Å². The van der Waals surface area contributed by atoms with Crippen molar-refractivity contribution in [2.75, 3.05) is 18.2 Å². The van der Waals surface area contributed by atoms with Gasteiger partial charge in [-0.1, -0.05) is 23.9 Å². The lowest BCUT2D eigenvalue weighted by Crippen LogP contribution is -2.14. The van der Waals surface area contributed by atoms with Crippen molar-refractivity contribution in [1.29, 1.82) is 0 Å². The average Bonchev–Trinajstić information content (AvgIpc) is 3.19. The maximum absolute atomic E-state index is 12.3. The Hall–Kier alpha value is -2.32. The van der Waals surface area contributed by atoms with Crippen LogP contribution < -0.4 is 10.1 Å². The molecule has 6 nitrogen and oxygen atoms in total. The van der Waals surface area contributed by atoms with E-state index < -0.39 is 0 Å². The van der Waals surface area contributed by atoms with Crippen LogP contribution in [0.2, 0.25) is 0 Å². The first-order chi connectivity index (χ1) is 14.4. The highest BCUT2D eigenvalue weighted by molar-refractivity contribution is 9.10. The molecule has 30 heavy (non-hydrogen) atoms. The molecule has 3 aromatic rings. The van der Waals surface area contributed by atoms with Gasteiger partial charge in [0.25, 0.3) is 5.22 Å². The third-order valence-corrected chi connectivity index (χ3v) is 6.12. The number of hydrogen-bond acceptors (Lipinski definition) is 6. The van der Waals surface area contributed by atoms with Crippen LogP contribution in [0.1, 0.15) is 29.0 Å². The van der Waals surface area contributed by atoms with Gasteiger partial charge in [0.2, 0.25) is 11.8 Å². The van der Waals surface area contributed by atoms with E-state index in [1.807, 2.05) is 38.1 Å². The van der Waals surface area contributed by atoms with Gasteiger partial charge in [-0.2, -0.15) is 0 Å². The molecule has 1 heterocycles. The number of aromatic nitrogens is 2. The quantitative estimate of drug-likeness (QED) is 0.407. The lowest BCUT2D eigenvalue weighted by Gasteiger charge is -2.09. The van der Waals surface area contributed by atoms with E-state index in [-0.39, 0.29) is 11.7 Å². The Bertz CT molecular complexity index is 1010. The van der Waals surface area contributed by atoms with E-state index in [1.54, 1.807) is 7.11 Å². The van der Waals surface area contributed by atoms with Gasteiger partial charge in [0, 0.05) is 10.9 Å². The van der Waals surface area contributed by atoms with Gasteiger partial charge in [-0.05, 0) is 83.6 Å².